The summed E-state index contributed by atoms with van der Waals surface area (Å²) < 4.78 is 11.0. The Kier molecular flexibility index (Phi) is 6.80. The van der Waals surface area contributed by atoms with Gasteiger partial charge in [-0.2, -0.15) is 0 Å². The lowest BCUT2D eigenvalue weighted by Crippen LogP contribution is -2.30. The molecule has 0 saturated carbocycles. The number of hydrogen-bond acceptors (Lipinski definition) is 4. The number of carbonyl (C=O) groups is 2. The van der Waals surface area contributed by atoms with Crippen LogP contribution in [0.1, 0.15) is 42.6 Å². The van der Waals surface area contributed by atoms with E-state index in [4.69, 9.17) is 4.74 Å². The van der Waals surface area contributed by atoms with E-state index < -0.39 is 12.1 Å². The second kappa shape index (κ2) is 8.85. The highest BCUT2D eigenvalue weighted by Gasteiger charge is 2.19. The van der Waals surface area contributed by atoms with Crippen LogP contribution in [0, 0.1) is 0 Å². The van der Waals surface area contributed by atoms with E-state index in [1.807, 2.05) is 24.3 Å². The first-order valence-electron chi connectivity index (χ1n) is 8.27. The molecule has 0 aliphatic heterocycles. The lowest BCUT2D eigenvalue weighted by atomic mass is 10.0. The van der Waals surface area contributed by atoms with Gasteiger partial charge >= 0.3 is 5.97 Å². The van der Waals surface area contributed by atoms with E-state index in [9.17, 15) is 9.59 Å². The molecule has 2 rings (SSSR count). The minimum atomic E-state index is -0.713. The van der Waals surface area contributed by atoms with Crippen molar-refractivity contribution < 1.29 is 19.1 Å². The number of benzene rings is 2. The number of nitrogens with one attached hydrogen (secondary N) is 1. The van der Waals surface area contributed by atoms with Gasteiger partial charge in [0.1, 0.15) is 5.75 Å². The summed E-state index contributed by atoms with van der Waals surface area (Å²) in [5.41, 5.74) is 2.24. The van der Waals surface area contributed by atoms with E-state index in [0.717, 1.165) is 11.3 Å². The number of carbonyl (C=O) groups excluding carboxylic acids is 2. The van der Waals surface area contributed by atoms with E-state index in [1.54, 1.807) is 25.1 Å². The summed E-state index contributed by atoms with van der Waals surface area (Å²) in [4.78, 5) is 24.0. The van der Waals surface area contributed by atoms with Crippen LogP contribution in [0.25, 0.3) is 0 Å². The number of methoxy groups -OCH3 is 1. The molecular weight excluding hydrogens is 398 g/mol. The van der Waals surface area contributed by atoms with Gasteiger partial charge < -0.3 is 14.8 Å². The molecular formula is C20H22BrNO4. The highest BCUT2D eigenvalue weighted by Crippen LogP contribution is 2.28. The highest BCUT2D eigenvalue weighted by molar-refractivity contribution is 9.10. The lowest BCUT2D eigenvalue weighted by Gasteiger charge is -2.18. The van der Waals surface area contributed by atoms with Gasteiger partial charge in [-0.25, -0.2) is 4.79 Å². The monoisotopic (exact) mass is 419 g/mol. The first-order chi connectivity index (χ1) is 12.3. The molecule has 1 atom stereocenters. The zero-order valence-corrected chi connectivity index (χ0v) is 16.8. The third-order valence-electron chi connectivity index (χ3n) is 3.87. The Morgan fingerprint density at radius 1 is 1.08 bits per heavy atom. The van der Waals surface area contributed by atoms with Crippen molar-refractivity contribution in [2.75, 3.05) is 12.4 Å². The zero-order valence-electron chi connectivity index (χ0n) is 15.2. The Labute approximate surface area is 161 Å². The van der Waals surface area contributed by atoms with Crippen LogP contribution in [-0.2, 0) is 9.53 Å². The molecule has 0 radical (unpaired) electrons. The van der Waals surface area contributed by atoms with Gasteiger partial charge in [-0.15, -0.1) is 0 Å². The van der Waals surface area contributed by atoms with Crippen molar-refractivity contribution >= 4 is 33.5 Å². The molecule has 0 aliphatic carbocycles. The minimum absolute atomic E-state index is 0.248. The average Bonchev–Trinajstić information content (AvgIpc) is 2.62. The summed E-state index contributed by atoms with van der Waals surface area (Å²) in [6, 6.07) is 12.5. The van der Waals surface area contributed by atoms with Crippen LogP contribution in [0.2, 0.25) is 0 Å². The fourth-order valence-electron chi connectivity index (χ4n) is 2.43. The maximum absolute atomic E-state index is 12.5. The van der Waals surface area contributed by atoms with Crippen molar-refractivity contribution in [3.63, 3.8) is 0 Å². The van der Waals surface area contributed by atoms with Crippen molar-refractivity contribution in [3.8, 4) is 5.75 Å². The lowest BCUT2D eigenvalue weighted by molar-refractivity contribution is -0.122. The van der Waals surface area contributed by atoms with Crippen molar-refractivity contribution in [3.05, 3.63) is 58.1 Å². The molecule has 0 bridgehead atoms. The maximum atomic E-state index is 12.5. The smallest absolute Gasteiger partial charge is 0.337 e. The van der Waals surface area contributed by atoms with Crippen molar-refractivity contribution in [2.45, 2.75) is 32.8 Å². The van der Waals surface area contributed by atoms with Crippen molar-refractivity contribution in [2.24, 2.45) is 0 Å². The highest BCUT2D eigenvalue weighted by atomic mass is 79.9. The van der Waals surface area contributed by atoms with E-state index in [2.05, 4.69) is 39.8 Å². The fraction of sp³-hybridized carbons (Fsp3) is 0.300. The summed E-state index contributed by atoms with van der Waals surface area (Å²) in [7, 11) is 1.32. The number of amides is 1. The maximum Gasteiger partial charge on any atom is 0.337 e. The molecule has 0 saturated heterocycles. The molecule has 0 spiro atoms. The van der Waals surface area contributed by atoms with Crippen molar-refractivity contribution in [1.82, 2.24) is 0 Å². The number of ether oxygens (including phenoxy) is 2. The van der Waals surface area contributed by atoms with Crippen LogP contribution in [0.4, 0.5) is 5.69 Å². The van der Waals surface area contributed by atoms with Crippen LogP contribution < -0.4 is 10.1 Å². The number of esters is 1. The van der Waals surface area contributed by atoms with Gasteiger partial charge in [-0.3, -0.25) is 4.79 Å². The second-order valence-electron chi connectivity index (χ2n) is 6.13. The molecule has 2 aromatic carbocycles. The molecule has 0 aliphatic rings. The van der Waals surface area contributed by atoms with Crippen LogP contribution in [0.3, 0.4) is 0 Å². The quantitative estimate of drug-likeness (QED) is 0.685. The zero-order chi connectivity index (χ0) is 19.3. The van der Waals surface area contributed by atoms with Gasteiger partial charge in [0.15, 0.2) is 6.10 Å². The molecule has 0 fully saturated rings. The Bertz CT molecular complexity index is 804. The number of para-hydroxylation sites is 1. The predicted molar refractivity (Wildman–Crippen MR) is 105 cm³/mol. The Balaban J connectivity index is 2.09. The molecule has 0 aromatic heterocycles. The summed E-state index contributed by atoms with van der Waals surface area (Å²) >= 11 is 3.36. The van der Waals surface area contributed by atoms with E-state index in [-0.39, 0.29) is 5.91 Å². The van der Waals surface area contributed by atoms with Gasteiger partial charge in [0, 0.05) is 5.69 Å². The van der Waals surface area contributed by atoms with Gasteiger partial charge in [0.05, 0.1) is 17.1 Å². The van der Waals surface area contributed by atoms with Crippen LogP contribution in [0.15, 0.2) is 46.9 Å². The normalized spacial score (nSPS) is 11.8. The van der Waals surface area contributed by atoms with E-state index in [1.165, 1.54) is 7.11 Å². The van der Waals surface area contributed by atoms with Gasteiger partial charge in [-0.05, 0) is 58.6 Å². The molecule has 6 heteroatoms. The minimum Gasteiger partial charge on any atom is -0.480 e. The largest absolute Gasteiger partial charge is 0.480 e. The van der Waals surface area contributed by atoms with Crippen molar-refractivity contribution in [1.29, 1.82) is 0 Å². The number of anilines is 1. The summed E-state index contributed by atoms with van der Waals surface area (Å²) in [6.07, 6.45) is -0.713. The molecule has 5 nitrogen and oxygen atoms in total. The summed E-state index contributed by atoms with van der Waals surface area (Å²) in [5, 5.41) is 2.92. The van der Waals surface area contributed by atoms with Gasteiger partial charge in [0.2, 0.25) is 0 Å². The molecule has 26 heavy (non-hydrogen) atoms. The molecule has 1 unspecified atom stereocenters. The summed E-state index contributed by atoms with van der Waals surface area (Å²) in [5.74, 6) is 0.0792. The SMILES string of the molecule is COC(=O)c1ccc(OC(C)C(=O)Nc2ccccc2C(C)C)c(Br)c1. The number of rotatable bonds is 6. The predicted octanol–water partition coefficient (Wildman–Crippen LogP) is 4.77. The number of hydrogen-bond donors (Lipinski definition) is 1. The summed E-state index contributed by atoms with van der Waals surface area (Å²) in [6.45, 7) is 5.82. The molecule has 1 N–H and O–H groups in total. The third-order valence-corrected chi connectivity index (χ3v) is 4.49. The van der Waals surface area contributed by atoms with Crippen LogP contribution in [-0.4, -0.2) is 25.1 Å². The van der Waals surface area contributed by atoms with Gasteiger partial charge in [-0.1, -0.05) is 32.0 Å². The second-order valence-corrected chi connectivity index (χ2v) is 6.98. The molecule has 0 heterocycles. The Morgan fingerprint density at radius 2 is 1.77 bits per heavy atom. The van der Waals surface area contributed by atoms with Gasteiger partial charge in [0.25, 0.3) is 5.91 Å². The molecule has 1 amide bonds. The molecule has 2 aromatic rings. The first-order valence-corrected chi connectivity index (χ1v) is 9.07. The topological polar surface area (TPSA) is 64.6 Å². The fourth-order valence-corrected chi connectivity index (χ4v) is 2.91. The van der Waals surface area contributed by atoms with Crippen LogP contribution in [0.5, 0.6) is 5.75 Å². The van der Waals surface area contributed by atoms with E-state index in [0.29, 0.717) is 21.7 Å². The average molecular weight is 420 g/mol. The first kappa shape index (κ1) is 20.0. The Hall–Kier alpha value is -2.34. The Morgan fingerprint density at radius 3 is 2.38 bits per heavy atom. The number of halogens is 1. The molecule has 138 valence electrons. The van der Waals surface area contributed by atoms with Crippen LogP contribution >= 0.6 is 15.9 Å². The standard InChI is InChI=1S/C20H22BrNO4/c1-12(2)15-7-5-6-8-17(15)22-19(23)13(3)26-18-10-9-14(11-16(18)21)20(24)25-4/h5-13H,1-4H3,(H,22,23). The third kappa shape index (κ3) is 4.85. The van der Waals surface area contributed by atoms with E-state index >= 15 is 0 Å².